The zero-order chi connectivity index (χ0) is 38.2. The molecule has 0 bridgehead atoms. The summed E-state index contributed by atoms with van der Waals surface area (Å²) in [5.74, 6) is 4.02. The second-order valence-electron chi connectivity index (χ2n) is 15.5. The number of nitrogen functional groups attached to an aromatic ring is 2. The lowest BCUT2D eigenvalue weighted by atomic mass is 9.81. The molecule has 6 aromatic rings. The quantitative estimate of drug-likeness (QED) is 0.132. The Morgan fingerprint density at radius 2 is 1.05 bits per heavy atom. The molecule has 3 aliphatic rings. The predicted molar refractivity (Wildman–Crippen MR) is 212 cm³/mol. The van der Waals surface area contributed by atoms with Gasteiger partial charge in [0.05, 0.1) is 24.0 Å². The number of anilines is 4. The van der Waals surface area contributed by atoms with Crippen molar-refractivity contribution in [2.24, 2.45) is 14.1 Å². The fraction of sp³-hybridized carbons (Fsp3) is 0.579. The van der Waals surface area contributed by atoms with Crippen LogP contribution >= 0.6 is 0 Å². The van der Waals surface area contributed by atoms with Gasteiger partial charge < -0.3 is 40.7 Å². The molecule has 8 heterocycles. The summed E-state index contributed by atoms with van der Waals surface area (Å²) in [5, 5.41) is 6.74. The summed E-state index contributed by atoms with van der Waals surface area (Å²) in [6, 6.07) is 0. The van der Waals surface area contributed by atoms with Gasteiger partial charge in [0.2, 0.25) is 11.9 Å². The molecule has 2 saturated heterocycles. The monoisotopic (exact) mass is 764 g/mol. The number of aryl methyl sites for hydroxylation is 2. The molecular formula is C38H52N16O2. The highest BCUT2D eigenvalue weighted by atomic mass is 16.5. The van der Waals surface area contributed by atoms with Gasteiger partial charge in [-0.05, 0) is 64.2 Å². The first-order valence-corrected chi connectivity index (χ1v) is 20.1. The van der Waals surface area contributed by atoms with Crippen molar-refractivity contribution in [3.05, 3.63) is 48.1 Å². The minimum absolute atomic E-state index is 0.155. The lowest BCUT2D eigenvalue weighted by Crippen LogP contribution is -2.25. The SMILES string of the molecule is Cn1cnc(CCNc2nc(N)c3nc([C@H]4CC[C@H](c5nc6c(N)nc(NCCc7cn(C)cn7)nc6n5C5CCCCO5)CC4)n(C4CCCCO4)c3n2)c1. The molecule has 0 radical (unpaired) electrons. The van der Waals surface area contributed by atoms with Gasteiger partial charge in [-0.3, -0.25) is 9.13 Å². The number of nitrogens with one attached hydrogen (secondary N) is 2. The topological polar surface area (TPSA) is 217 Å². The van der Waals surface area contributed by atoms with Gasteiger partial charge >= 0.3 is 0 Å². The number of ether oxygens (including phenoxy) is 2. The van der Waals surface area contributed by atoms with E-state index in [4.69, 9.17) is 40.9 Å². The summed E-state index contributed by atoms with van der Waals surface area (Å²) >= 11 is 0. The minimum atomic E-state index is -0.155. The number of imidazole rings is 4. The third kappa shape index (κ3) is 7.34. The molecule has 2 aliphatic heterocycles. The molecule has 18 nitrogen and oxygen atoms in total. The van der Waals surface area contributed by atoms with Gasteiger partial charge in [0.1, 0.15) is 24.1 Å². The highest BCUT2D eigenvalue weighted by Gasteiger charge is 2.35. The second kappa shape index (κ2) is 15.6. The number of hydrogen-bond donors (Lipinski definition) is 4. The molecule has 0 aromatic carbocycles. The van der Waals surface area contributed by atoms with E-state index in [9.17, 15) is 0 Å². The first kappa shape index (κ1) is 36.3. The molecule has 6 aromatic heterocycles. The molecule has 56 heavy (non-hydrogen) atoms. The fourth-order valence-corrected chi connectivity index (χ4v) is 8.59. The van der Waals surface area contributed by atoms with E-state index in [1.54, 1.807) is 12.7 Å². The Bertz CT molecular complexity index is 2130. The minimum Gasteiger partial charge on any atom is -0.382 e. The van der Waals surface area contributed by atoms with Crippen molar-refractivity contribution in [1.82, 2.24) is 58.1 Å². The van der Waals surface area contributed by atoms with Gasteiger partial charge in [-0.1, -0.05) is 0 Å². The lowest BCUT2D eigenvalue weighted by molar-refractivity contribution is -0.0331. The van der Waals surface area contributed by atoms with Crippen LogP contribution in [0.1, 0.15) is 112 Å². The third-order valence-corrected chi connectivity index (χ3v) is 11.4. The summed E-state index contributed by atoms with van der Waals surface area (Å²) < 4.78 is 21.1. The van der Waals surface area contributed by atoms with Crippen LogP contribution in [0.2, 0.25) is 0 Å². The Labute approximate surface area is 324 Å². The Kier molecular flexibility index (Phi) is 10.1. The molecule has 2 atom stereocenters. The average molecular weight is 765 g/mol. The van der Waals surface area contributed by atoms with E-state index in [2.05, 4.69) is 39.7 Å². The van der Waals surface area contributed by atoms with Crippen molar-refractivity contribution in [2.75, 3.05) is 48.4 Å². The highest BCUT2D eigenvalue weighted by Crippen LogP contribution is 2.44. The summed E-state index contributed by atoms with van der Waals surface area (Å²) in [6.07, 6.45) is 18.5. The Hall–Kier alpha value is -5.36. The maximum atomic E-state index is 6.61. The highest BCUT2D eigenvalue weighted by molar-refractivity contribution is 5.84. The van der Waals surface area contributed by atoms with Crippen molar-refractivity contribution in [2.45, 2.75) is 101 Å². The number of fused-ring (bicyclic) bond motifs is 2. The molecule has 9 rings (SSSR count). The van der Waals surface area contributed by atoms with E-state index in [-0.39, 0.29) is 24.3 Å². The maximum Gasteiger partial charge on any atom is 0.226 e. The van der Waals surface area contributed by atoms with Crippen molar-refractivity contribution in [1.29, 1.82) is 0 Å². The normalized spacial score (nSPS) is 21.9. The van der Waals surface area contributed by atoms with Crippen LogP contribution in [0.5, 0.6) is 0 Å². The number of rotatable bonds is 12. The van der Waals surface area contributed by atoms with E-state index in [1.165, 1.54) is 0 Å². The van der Waals surface area contributed by atoms with Crippen molar-refractivity contribution >= 4 is 45.9 Å². The molecule has 3 fully saturated rings. The Morgan fingerprint density at radius 3 is 1.43 bits per heavy atom. The van der Waals surface area contributed by atoms with Crippen LogP contribution in [0.4, 0.5) is 23.5 Å². The summed E-state index contributed by atoms with van der Waals surface area (Å²) in [6.45, 7) is 2.67. The lowest BCUT2D eigenvalue weighted by Gasteiger charge is -2.32. The van der Waals surface area contributed by atoms with E-state index >= 15 is 0 Å². The first-order chi connectivity index (χ1) is 27.4. The predicted octanol–water partition coefficient (Wildman–Crippen LogP) is 4.75. The van der Waals surface area contributed by atoms with Crippen LogP contribution in [0.25, 0.3) is 22.3 Å². The van der Waals surface area contributed by atoms with Gasteiger partial charge in [0, 0.05) is 77.5 Å². The van der Waals surface area contributed by atoms with Crippen LogP contribution in [0.3, 0.4) is 0 Å². The Morgan fingerprint density at radius 1 is 0.607 bits per heavy atom. The maximum absolute atomic E-state index is 6.61. The molecule has 0 spiro atoms. The summed E-state index contributed by atoms with van der Waals surface area (Å²) in [4.78, 5) is 38.4. The molecule has 1 aliphatic carbocycles. The standard InChI is InChI=1S/C38H52N16O2/c1-51-19-25(43-21-51)13-15-41-37-47-31(39)29-35(49-37)53(27-7-3-5-17-55-27)33(45-29)23-9-11-24(12-10-23)34-46-30-32(40)48-38(42-16-14-26-20-52(2)22-44-26)50-36(30)54(34)28-8-4-6-18-56-28/h19-24,27-28H,3-18H2,1-2H3,(H3,39,41,47,49)(H3,40,42,48,50)/t23-,24-,27?,28?. The van der Waals surface area contributed by atoms with Crippen LogP contribution in [0, 0.1) is 0 Å². The second-order valence-corrected chi connectivity index (χ2v) is 15.5. The number of nitrogens with zero attached hydrogens (tertiary/aromatic N) is 12. The van der Waals surface area contributed by atoms with Crippen molar-refractivity contribution in [3.63, 3.8) is 0 Å². The Balaban J connectivity index is 0.976. The zero-order valence-corrected chi connectivity index (χ0v) is 32.3. The van der Waals surface area contributed by atoms with Gasteiger partial charge in [-0.15, -0.1) is 0 Å². The molecule has 2 unspecified atom stereocenters. The van der Waals surface area contributed by atoms with Crippen molar-refractivity contribution in [3.8, 4) is 0 Å². The molecule has 0 amide bonds. The van der Waals surface area contributed by atoms with Gasteiger partial charge in [0.25, 0.3) is 0 Å². The van der Waals surface area contributed by atoms with E-state index < -0.39 is 0 Å². The zero-order valence-electron chi connectivity index (χ0n) is 32.3. The van der Waals surface area contributed by atoms with E-state index in [1.807, 2.05) is 35.6 Å². The van der Waals surface area contributed by atoms with Crippen molar-refractivity contribution < 1.29 is 9.47 Å². The average Bonchev–Trinajstić information content (AvgIpc) is 4.01. The molecular weight excluding hydrogens is 713 g/mol. The first-order valence-electron chi connectivity index (χ1n) is 20.1. The van der Waals surface area contributed by atoms with Gasteiger partial charge in [-0.2, -0.15) is 19.9 Å². The van der Waals surface area contributed by atoms with Gasteiger partial charge in [0.15, 0.2) is 34.0 Å². The molecule has 6 N–H and O–H groups in total. The number of nitrogens with two attached hydrogens (primary N) is 2. The van der Waals surface area contributed by atoms with Gasteiger partial charge in [-0.25, -0.2) is 19.9 Å². The number of aromatic nitrogens is 12. The third-order valence-electron chi connectivity index (χ3n) is 11.4. The van der Waals surface area contributed by atoms with Crippen LogP contribution in [0.15, 0.2) is 25.0 Å². The smallest absolute Gasteiger partial charge is 0.226 e. The summed E-state index contributed by atoms with van der Waals surface area (Å²) in [7, 11) is 3.94. The van der Waals surface area contributed by atoms with E-state index in [0.717, 1.165) is 111 Å². The van der Waals surface area contributed by atoms with Crippen LogP contribution in [-0.2, 0) is 36.4 Å². The summed E-state index contributed by atoms with van der Waals surface area (Å²) in [5.41, 5.74) is 17.9. The molecule has 296 valence electrons. The van der Waals surface area contributed by atoms with E-state index in [0.29, 0.717) is 60.9 Å². The molecule has 1 saturated carbocycles. The largest absolute Gasteiger partial charge is 0.382 e. The fourth-order valence-electron chi connectivity index (χ4n) is 8.59. The number of hydrogen-bond acceptors (Lipinski definition) is 14. The van der Waals surface area contributed by atoms with Crippen LogP contribution in [-0.4, -0.2) is 84.4 Å². The molecule has 18 heteroatoms. The van der Waals surface area contributed by atoms with Crippen LogP contribution < -0.4 is 22.1 Å².